The Morgan fingerprint density at radius 1 is 1.62 bits per heavy atom. The summed E-state index contributed by atoms with van der Waals surface area (Å²) in [6, 6.07) is 2.13. The number of hydrogen-bond acceptors (Lipinski definition) is 3. The minimum Gasteiger partial charge on any atom is -0.381 e. The Kier molecular flexibility index (Phi) is 3.71. The van der Waals surface area contributed by atoms with Crippen LogP contribution < -0.4 is 5.73 Å². The number of nitrogens with two attached hydrogens (primary N) is 1. The van der Waals surface area contributed by atoms with E-state index < -0.39 is 5.54 Å². The summed E-state index contributed by atoms with van der Waals surface area (Å²) in [6.07, 6.45) is 3.90. The van der Waals surface area contributed by atoms with Crippen molar-refractivity contribution in [2.75, 3.05) is 13.2 Å². The van der Waals surface area contributed by atoms with Gasteiger partial charge in [0.15, 0.2) is 0 Å². The van der Waals surface area contributed by atoms with Gasteiger partial charge in [-0.15, -0.1) is 0 Å². The van der Waals surface area contributed by atoms with Gasteiger partial charge in [-0.2, -0.15) is 5.26 Å². The molecular weight excluding hydrogens is 164 g/mol. The summed E-state index contributed by atoms with van der Waals surface area (Å²) in [5, 5.41) is 8.66. The molecule has 74 valence electrons. The molecule has 2 N–H and O–H groups in total. The lowest BCUT2D eigenvalue weighted by atomic mass is 9.70. The Balaban J connectivity index is 2.00. The van der Waals surface area contributed by atoms with Gasteiger partial charge in [-0.05, 0) is 25.2 Å². The third-order valence-electron chi connectivity index (χ3n) is 2.52. The number of nitriles is 1. The average Bonchev–Trinajstić information content (AvgIpc) is 2.08. The molecule has 0 radical (unpaired) electrons. The minimum atomic E-state index is -0.543. The summed E-state index contributed by atoms with van der Waals surface area (Å²) in [5.41, 5.74) is 5.16. The molecule has 1 fully saturated rings. The second-order valence-electron chi connectivity index (χ2n) is 3.97. The maximum absolute atomic E-state index is 8.66. The Hall–Kier alpha value is -0.590. The van der Waals surface area contributed by atoms with Gasteiger partial charge in [0.05, 0.1) is 6.07 Å². The van der Waals surface area contributed by atoms with Crippen LogP contribution in [0.5, 0.6) is 0 Å². The highest BCUT2D eigenvalue weighted by Gasteiger charge is 2.41. The smallest absolute Gasteiger partial charge is 0.104 e. The van der Waals surface area contributed by atoms with Crippen molar-refractivity contribution >= 4 is 0 Å². The van der Waals surface area contributed by atoms with Crippen LogP contribution >= 0.6 is 0 Å². The van der Waals surface area contributed by atoms with E-state index in [9.17, 15) is 0 Å². The molecule has 13 heavy (non-hydrogen) atoms. The van der Waals surface area contributed by atoms with Gasteiger partial charge in [-0.25, -0.2) is 0 Å². The summed E-state index contributed by atoms with van der Waals surface area (Å²) in [5.74, 6) is 0.515. The first-order valence-electron chi connectivity index (χ1n) is 4.98. The third-order valence-corrected chi connectivity index (χ3v) is 2.52. The lowest BCUT2D eigenvalue weighted by molar-refractivity contribution is 0.0456. The van der Waals surface area contributed by atoms with E-state index in [1.165, 1.54) is 6.42 Å². The van der Waals surface area contributed by atoms with Crippen LogP contribution in [0.15, 0.2) is 0 Å². The fourth-order valence-corrected chi connectivity index (χ4v) is 1.68. The molecule has 0 saturated heterocycles. The predicted octanol–water partition coefficient (Wildman–Crippen LogP) is 1.43. The van der Waals surface area contributed by atoms with E-state index in [2.05, 4.69) is 13.0 Å². The van der Waals surface area contributed by atoms with E-state index in [4.69, 9.17) is 15.7 Å². The molecule has 1 aliphatic rings. The summed E-state index contributed by atoms with van der Waals surface area (Å²) >= 11 is 0. The number of rotatable bonds is 5. The summed E-state index contributed by atoms with van der Waals surface area (Å²) in [7, 11) is 0. The van der Waals surface area contributed by atoms with Crippen LogP contribution in [0.25, 0.3) is 0 Å². The van der Waals surface area contributed by atoms with Gasteiger partial charge in [0.25, 0.3) is 0 Å². The molecule has 0 atom stereocenters. The van der Waals surface area contributed by atoms with Crippen molar-refractivity contribution in [1.82, 2.24) is 0 Å². The molecule has 0 aromatic rings. The zero-order valence-electron chi connectivity index (χ0n) is 8.25. The van der Waals surface area contributed by atoms with E-state index in [-0.39, 0.29) is 0 Å². The standard InChI is InChI=1S/C10H18N2O/c1-2-3-4-13-7-9-5-10(12,6-9)8-11/h9H,2-7,12H2,1H3. The van der Waals surface area contributed by atoms with Gasteiger partial charge in [0.1, 0.15) is 5.54 Å². The number of hydrogen-bond donors (Lipinski definition) is 1. The Morgan fingerprint density at radius 2 is 2.31 bits per heavy atom. The van der Waals surface area contributed by atoms with Gasteiger partial charge < -0.3 is 10.5 Å². The lowest BCUT2D eigenvalue weighted by Gasteiger charge is -2.39. The number of unbranched alkanes of at least 4 members (excludes halogenated alkanes) is 1. The molecule has 0 amide bonds. The normalized spacial score (nSPS) is 32.2. The molecule has 3 heteroatoms. The van der Waals surface area contributed by atoms with Crippen LogP contribution in [0, 0.1) is 17.2 Å². The molecule has 0 bridgehead atoms. The van der Waals surface area contributed by atoms with Crippen LogP contribution in [0.4, 0.5) is 0 Å². The fraction of sp³-hybridized carbons (Fsp3) is 0.900. The van der Waals surface area contributed by atoms with Gasteiger partial charge >= 0.3 is 0 Å². The van der Waals surface area contributed by atoms with Crippen molar-refractivity contribution < 1.29 is 4.74 Å². The van der Waals surface area contributed by atoms with Gasteiger partial charge in [0, 0.05) is 13.2 Å². The summed E-state index contributed by atoms with van der Waals surface area (Å²) < 4.78 is 5.45. The Bertz CT molecular complexity index is 192. The van der Waals surface area contributed by atoms with E-state index in [0.717, 1.165) is 32.5 Å². The Morgan fingerprint density at radius 3 is 2.85 bits per heavy atom. The summed E-state index contributed by atoms with van der Waals surface area (Å²) in [4.78, 5) is 0. The zero-order valence-corrected chi connectivity index (χ0v) is 8.25. The summed E-state index contributed by atoms with van der Waals surface area (Å²) in [6.45, 7) is 3.77. The zero-order chi connectivity index (χ0) is 9.73. The van der Waals surface area contributed by atoms with Gasteiger partial charge in [-0.1, -0.05) is 13.3 Å². The first-order chi connectivity index (χ1) is 6.20. The van der Waals surface area contributed by atoms with Crippen LogP contribution in [0.1, 0.15) is 32.6 Å². The van der Waals surface area contributed by atoms with Crippen molar-refractivity contribution in [3.63, 3.8) is 0 Å². The monoisotopic (exact) mass is 182 g/mol. The van der Waals surface area contributed by atoms with Crippen LogP contribution in [0.3, 0.4) is 0 Å². The highest BCUT2D eigenvalue weighted by atomic mass is 16.5. The van der Waals surface area contributed by atoms with Crippen molar-refractivity contribution in [3.05, 3.63) is 0 Å². The second-order valence-corrected chi connectivity index (χ2v) is 3.97. The van der Waals surface area contributed by atoms with E-state index in [1.54, 1.807) is 0 Å². The third kappa shape index (κ3) is 2.98. The molecule has 1 rings (SSSR count). The SMILES string of the molecule is CCCCOCC1CC(N)(C#N)C1. The highest BCUT2D eigenvalue weighted by molar-refractivity contribution is 5.13. The van der Waals surface area contributed by atoms with Crippen LogP contribution in [-0.2, 0) is 4.74 Å². The largest absolute Gasteiger partial charge is 0.381 e. The first-order valence-corrected chi connectivity index (χ1v) is 4.98. The van der Waals surface area contributed by atoms with Crippen LogP contribution in [0.2, 0.25) is 0 Å². The van der Waals surface area contributed by atoms with E-state index in [0.29, 0.717) is 5.92 Å². The predicted molar refractivity (Wildman–Crippen MR) is 51.0 cm³/mol. The molecule has 0 aromatic carbocycles. The second kappa shape index (κ2) is 4.59. The number of nitrogens with zero attached hydrogens (tertiary/aromatic N) is 1. The maximum Gasteiger partial charge on any atom is 0.104 e. The highest BCUT2D eigenvalue weighted by Crippen LogP contribution is 2.35. The molecular formula is C10H18N2O. The van der Waals surface area contributed by atoms with E-state index in [1.807, 2.05) is 0 Å². The quantitative estimate of drug-likeness (QED) is 0.654. The first kappa shape index (κ1) is 10.5. The maximum atomic E-state index is 8.66. The van der Waals surface area contributed by atoms with Crippen molar-refractivity contribution in [3.8, 4) is 6.07 Å². The Labute approximate surface area is 79.9 Å². The molecule has 3 nitrogen and oxygen atoms in total. The van der Waals surface area contributed by atoms with E-state index >= 15 is 0 Å². The molecule has 0 unspecified atom stereocenters. The average molecular weight is 182 g/mol. The van der Waals surface area contributed by atoms with Crippen molar-refractivity contribution in [1.29, 1.82) is 5.26 Å². The lowest BCUT2D eigenvalue weighted by Crippen LogP contribution is -2.51. The fourth-order valence-electron chi connectivity index (χ4n) is 1.68. The molecule has 0 aliphatic heterocycles. The van der Waals surface area contributed by atoms with Crippen molar-refractivity contribution in [2.45, 2.75) is 38.1 Å². The van der Waals surface area contributed by atoms with Gasteiger partial charge in [-0.3, -0.25) is 0 Å². The van der Waals surface area contributed by atoms with Crippen LogP contribution in [-0.4, -0.2) is 18.8 Å². The van der Waals surface area contributed by atoms with Gasteiger partial charge in [0.2, 0.25) is 0 Å². The molecule has 1 saturated carbocycles. The molecule has 0 spiro atoms. The molecule has 1 aliphatic carbocycles. The van der Waals surface area contributed by atoms with Crippen molar-refractivity contribution in [2.24, 2.45) is 11.7 Å². The topological polar surface area (TPSA) is 59.0 Å². The molecule has 0 aromatic heterocycles. The minimum absolute atomic E-state index is 0.515. The number of ether oxygens (including phenoxy) is 1. The molecule has 0 heterocycles.